The van der Waals surface area contributed by atoms with E-state index in [0.717, 1.165) is 5.75 Å². The molecule has 0 aromatic heterocycles. The summed E-state index contributed by atoms with van der Waals surface area (Å²) in [7, 11) is 1.61. The van der Waals surface area contributed by atoms with Crippen LogP contribution in [0.1, 0.15) is 6.92 Å². The Morgan fingerprint density at radius 2 is 2.29 bits per heavy atom. The number of hydrogen-bond donors (Lipinski definition) is 0. The molecule has 0 aromatic carbocycles. The Bertz CT molecular complexity index is 28.9. The zero-order valence-corrected chi connectivity index (χ0v) is 5.46. The first kappa shape index (κ1) is 7.27. The van der Waals surface area contributed by atoms with Crippen molar-refractivity contribution in [2.24, 2.45) is 0 Å². The Balaban J connectivity index is 2.45. The molecule has 0 aromatic rings. The van der Waals surface area contributed by atoms with Crippen LogP contribution in [0.4, 0.5) is 0 Å². The summed E-state index contributed by atoms with van der Waals surface area (Å²) in [5.74, 6) is 0.976. The van der Waals surface area contributed by atoms with Gasteiger partial charge in [0, 0.05) is 12.9 Å². The van der Waals surface area contributed by atoms with Crippen molar-refractivity contribution in [3.8, 4) is 0 Å². The van der Waals surface area contributed by atoms with Crippen LogP contribution in [0.15, 0.2) is 0 Å². The van der Waals surface area contributed by atoms with E-state index < -0.39 is 0 Å². The Morgan fingerprint density at radius 1 is 1.57 bits per heavy atom. The predicted octanol–water partition coefficient (Wildman–Crippen LogP) is 1.27. The van der Waals surface area contributed by atoms with Crippen molar-refractivity contribution in [2.75, 3.05) is 19.7 Å². The molecule has 0 spiro atoms. The lowest BCUT2D eigenvalue weighted by atomic mass is 11.0. The monoisotopic (exact) mass is 122 g/mol. The van der Waals surface area contributed by atoms with Crippen molar-refractivity contribution in [3.05, 3.63) is 0 Å². The molecule has 0 bridgehead atoms. The van der Waals surface area contributed by atoms with Crippen molar-refractivity contribution in [2.45, 2.75) is 6.92 Å². The zero-order chi connectivity index (χ0) is 5.54. The molecule has 0 saturated carbocycles. The van der Waals surface area contributed by atoms with Gasteiger partial charge in [-0.2, -0.15) is 0 Å². The number of hydrogen-bond acceptors (Lipinski definition) is 3. The molecule has 0 aliphatic heterocycles. The van der Waals surface area contributed by atoms with Crippen LogP contribution >= 0.6 is 12.0 Å². The van der Waals surface area contributed by atoms with E-state index in [2.05, 4.69) is 4.74 Å². The highest BCUT2D eigenvalue weighted by molar-refractivity contribution is 7.94. The molecule has 0 saturated heterocycles. The summed E-state index contributed by atoms with van der Waals surface area (Å²) in [5.41, 5.74) is 0. The van der Waals surface area contributed by atoms with Gasteiger partial charge in [-0.05, 0) is 12.0 Å². The summed E-state index contributed by atoms with van der Waals surface area (Å²) in [4.78, 5) is 0. The fraction of sp³-hybridized carbons (Fsp3) is 1.00. The minimum atomic E-state index is 0.387. The van der Waals surface area contributed by atoms with Crippen LogP contribution in [-0.2, 0) is 8.92 Å². The van der Waals surface area contributed by atoms with Gasteiger partial charge in [-0.25, -0.2) is 0 Å². The minimum Gasteiger partial charge on any atom is -0.358 e. The van der Waals surface area contributed by atoms with Crippen LogP contribution in [0.3, 0.4) is 0 Å². The van der Waals surface area contributed by atoms with Gasteiger partial charge in [-0.1, -0.05) is 6.92 Å². The SMILES string of the molecule is CCSOCOC. The van der Waals surface area contributed by atoms with Gasteiger partial charge in [0.25, 0.3) is 0 Å². The molecule has 0 radical (unpaired) electrons. The molecule has 2 nitrogen and oxygen atoms in total. The van der Waals surface area contributed by atoms with Crippen LogP contribution in [0, 0.1) is 0 Å². The van der Waals surface area contributed by atoms with Gasteiger partial charge in [-0.3, -0.25) is 4.18 Å². The maximum Gasteiger partial charge on any atom is 0.159 e. The van der Waals surface area contributed by atoms with E-state index in [0.29, 0.717) is 6.79 Å². The molecular weight excluding hydrogens is 112 g/mol. The van der Waals surface area contributed by atoms with Crippen LogP contribution in [0.2, 0.25) is 0 Å². The molecule has 3 heteroatoms. The lowest BCUT2D eigenvalue weighted by Gasteiger charge is -1.94. The molecule has 44 valence electrons. The lowest BCUT2D eigenvalue weighted by molar-refractivity contribution is 0.0671. The molecule has 0 aliphatic carbocycles. The number of rotatable bonds is 4. The van der Waals surface area contributed by atoms with Crippen molar-refractivity contribution < 1.29 is 8.92 Å². The molecule has 0 fully saturated rings. The van der Waals surface area contributed by atoms with E-state index in [1.54, 1.807) is 7.11 Å². The largest absolute Gasteiger partial charge is 0.358 e. The normalized spacial score (nSPS) is 9.43. The fourth-order valence-electron chi connectivity index (χ4n) is 0.165. The second-order valence-corrected chi connectivity index (χ2v) is 1.98. The highest BCUT2D eigenvalue weighted by atomic mass is 32.2. The Hall–Kier alpha value is 0.270. The highest BCUT2D eigenvalue weighted by Gasteiger charge is 1.78. The van der Waals surface area contributed by atoms with Crippen molar-refractivity contribution in [1.29, 1.82) is 0 Å². The van der Waals surface area contributed by atoms with Crippen LogP contribution in [0.25, 0.3) is 0 Å². The average molecular weight is 122 g/mol. The summed E-state index contributed by atoms with van der Waals surface area (Å²) in [6.07, 6.45) is 0. The molecule has 7 heavy (non-hydrogen) atoms. The van der Waals surface area contributed by atoms with E-state index in [1.807, 2.05) is 6.92 Å². The van der Waals surface area contributed by atoms with E-state index in [4.69, 9.17) is 4.18 Å². The number of methoxy groups -OCH3 is 1. The molecule has 0 N–H and O–H groups in total. The van der Waals surface area contributed by atoms with Crippen LogP contribution < -0.4 is 0 Å². The van der Waals surface area contributed by atoms with Crippen LogP contribution in [0.5, 0.6) is 0 Å². The minimum absolute atomic E-state index is 0.387. The Kier molecular flexibility index (Phi) is 6.51. The van der Waals surface area contributed by atoms with E-state index in [1.165, 1.54) is 12.0 Å². The first-order valence-electron chi connectivity index (χ1n) is 2.15. The first-order valence-corrected chi connectivity index (χ1v) is 3.06. The smallest absolute Gasteiger partial charge is 0.159 e. The first-order chi connectivity index (χ1) is 3.41. The molecule has 0 atom stereocenters. The predicted molar refractivity (Wildman–Crippen MR) is 31.1 cm³/mol. The topological polar surface area (TPSA) is 18.5 Å². The van der Waals surface area contributed by atoms with E-state index in [9.17, 15) is 0 Å². The molecule has 0 heterocycles. The third-order valence-corrected chi connectivity index (χ3v) is 0.866. The van der Waals surface area contributed by atoms with E-state index >= 15 is 0 Å². The van der Waals surface area contributed by atoms with Gasteiger partial charge in [0.1, 0.15) is 0 Å². The Morgan fingerprint density at radius 3 is 2.71 bits per heavy atom. The van der Waals surface area contributed by atoms with Crippen LogP contribution in [-0.4, -0.2) is 19.7 Å². The van der Waals surface area contributed by atoms with Crippen molar-refractivity contribution >= 4 is 12.0 Å². The summed E-state index contributed by atoms with van der Waals surface area (Å²) < 4.78 is 9.43. The summed E-state index contributed by atoms with van der Waals surface area (Å²) >= 11 is 1.41. The van der Waals surface area contributed by atoms with Gasteiger partial charge < -0.3 is 4.74 Å². The Labute approximate surface area is 48.4 Å². The summed E-state index contributed by atoms with van der Waals surface area (Å²) in [5, 5.41) is 0. The van der Waals surface area contributed by atoms with Gasteiger partial charge in [0.2, 0.25) is 0 Å². The molecule has 0 aliphatic rings. The van der Waals surface area contributed by atoms with Crippen molar-refractivity contribution in [1.82, 2.24) is 0 Å². The standard InChI is InChI=1S/C4H10O2S/c1-3-7-6-4-5-2/h3-4H2,1-2H3. The quantitative estimate of drug-likeness (QED) is 0.318. The van der Waals surface area contributed by atoms with Gasteiger partial charge in [-0.15, -0.1) is 0 Å². The van der Waals surface area contributed by atoms with Crippen molar-refractivity contribution in [3.63, 3.8) is 0 Å². The van der Waals surface area contributed by atoms with Gasteiger partial charge in [0.05, 0.1) is 0 Å². The average Bonchev–Trinajstić information content (AvgIpc) is 1.69. The molecule has 0 rings (SSSR count). The maximum absolute atomic E-state index is 4.83. The molecule has 0 amide bonds. The highest BCUT2D eigenvalue weighted by Crippen LogP contribution is 1.98. The zero-order valence-electron chi connectivity index (χ0n) is 4.64. The van der Waals surface area contributed by atoms with E-state index in [-0.39, 0.29) is 0 Å². The lowest BCUT2D eigenvalue weighted by Crippen LogP contribution is -1.87. The molecule has 0 unspecified atom stereocenters. The maximum atomic E-state index is 4.83. The second kappa shape index (κ2) is 6.27. The fourth-order valence-corrected chi connectivity index (χ4v) is 0.496. The number of ether oxygens (including phenoxy) is 1. The third kappa shape index (κ3) is 6.27. The van der Waals surface area contributed by atoms with Gasteiger partial charge in [0.15, 0.2) is 6.79 Å². The second-order valence-electron chi connectivity index (χ2n) is 0.931. The molecular formula is C4H10O2S. The van der Waals surface area contributed by atoms with Gasteiger partial charge >= 0.3 is 0 Å². The summed E-state index contributed by atoms with van der Waals surface area (Å²) in [6, 6.07) is 0. The third-order valence-electron chi connectivity index (χ3n) is 0.367. The summed E-state index contributed by atoms with van der Waals surface area (Å²) in [6.45, 7) is 2.42.